The van der Waals surface area contributed by atoms with Gasteiger partial charge in [-0.25, -0.2) is 4.98 Å². The van der Waals surface area contributed by atoms with Crippen LogP contribution in [-0.2, 0) is 0 Å². The number of nitrogens with zero attached hydrogens (tertiary/aromatic N) is 1. The standard InChI is InChI=1S/C20H20ClN3O2S/c21-12-3-9-15(10-4-12)27-18-16-2-1-11-22-19(16)24-17(18)20(26)23-13-5-7-14(25)8-6-13/h1-4,9-11,13-14,25H,5-8H2,(H,22,24)(H,23,26)/t13-,14-. The minimum absolute atomic E-state index is 0.0913. The van der Waals surface area contributed by atoms with Crippen molar-refractivity contribution in [1.82, 2.24) is 15.3 Å². The number of aromatic amines is 1. The molecule has 0 atom stereocenters. The summed E-state index contributed by atoms with van der Waals surface area (Å²) in [5.74, 6) is -0.133. The first-order valence-corrected chi connectivity index (χ1v) is 10.2. The van der Waals surface area contributed by atoms with Gasteiger partial charge in [-0.3, -0.25) is 4.79 Å². The number of aromatic nitrogens is 2. The van der Waals surface area contributed by atoms with Crippen LogP contribution in [-0.4, -0.2) is 33.1 Å². The Balaban J connectivity index is 1.63. The van der Waals surface area contributed by atoms with Crippen molar-refractivity contribution in [2.75, 3.05) is 0 Å². The molecule has 140 valence electrons. The third kappa shape index (κ3) is 4.13. The van der Waals surface area contributed by atoms with E-state index in [1.807, 2.05) is 36.4 Å². The summed E-state index contributed by atoms with van der Waals surface area (Å²) in [5, 5.41) is 14.4. The first-order chi connectivity index (χ1) is 13.1. The topological polar surface area (TPSA) is 78.0 Å². The highest BCUT2D eigenvalue weighted by molar-refractivity contribution is 7.99. The van der Waals surface area contributed by atoms with Crippen molar-refractivity contribution in [3.8, 4) is 0 Å². The van der Waals surface area contributed by atoms with Gasteiger partial charge in [0.25, 0.3) is 5.91 Å². The largest absolute Gasteiger partial charge is 0.393 e. The number of carbonyl (C=O) groups excluding carboxylic acids is 1. The van der Waals surface area contributed by atoms with Crippen LogP contribution in [0, 0.1) is 0 Å². The molecule has 0 unspecified atom stereocenters. The van der Waals surface area contributed by atoms with Gasteiger partial charge in [0.1, 0.15) is 11.3 Å². The quantitative estimate of drug-likeness (QED) is 0.605. The number of aliphatic hydroxyl groups excluding tert-OH is 1. The van der Waals surface area contributed by atoms with E-state index >= 15 is 0 Å². The average molecular weight is 402 g/mol. The van der Waals surface area contributed by atoms with Gasteiger partial charge in [0.05, 0.1) is 11.0 Å². The molecule has 7 heteroatoms. The van der Waals surface area contributed by atoms with Crippen molar-refractivity contribution < 1.29 is 9.90 Å². The molecule has 1 aliphatic rings. The summed E-state index contributed by atoms with van der Waals surface area (Å²) >= 11 is 7.50. The molecule has 1 amide bonds. The van der Waals surface area contributed by atoms with Crippen molar-refractivity contribution in [2.45, 2.75) is 47.6 Å². The Bertz CT molecular complexity index is 950. The van der Waals surface area contributed by atoms with Crippen LogP contribution >= 0.6 is 23.4 Å². The number of hydrogen-bond donors (Lipinski definition) is 3. The molecule has 3 aromatic rings. The summed E-state index contributed by atoms with van der Waals surface area (Å²) in [4.78, 5) is 22.3. The molecule has 3 N–H and O–H groups in total. The van der Waals surface area contributed by atoms with E-state index in [9.17, 15) is 9.90 Å². The summed E-state index contributed by atoms with van der Waals surface area (Å²) in [6.45, 7) is 0. The number of halogens is 1. The molecular formula is C20H20ClN3O2S. The van der Waals surface area contributed by atoms with Gasteiger partial charge < -0.3 is 15.4 Å². The number of fused-ring (bicyclic) bond motifs is 1. The number of rotatable bonds is 4. The monoisotopic (exact) mass is 401 g/mol. The summed E-state index contributed by atoms with van der Waals surface area (Å²) in [7, 11) is 0. The van der Waals surface area contributed by atoms with Crippen LogP contribution in [0.5, 0.6) is 0 Å². The second-order valence-corrected chi connectivity index (χ2v) is 8.28. The molecule has 5 nitrogen and oxygen atoms in total. The maximum atomic E-state index is 13.0. The Morgan fingerprint density at radius 3 is 2.67 bits per heavy atom. The number of nitrogens with one attached hydrogen (secondary N) is 2. The molecule has 0 radical (unpaired) electrons. The third-order valence-corrected chi connectivity index (χ3v) is 6.20. The minimum atomic E-state index is -0.244. The van der Waals surface area contributed by atoms with E-state index in [0.717, 1.165) is 40.9 Å². The molecule has 0 spiro atoms. The molecule has 1 saturated carbocycles. The number of aliphatic hydroxyl groups is 1. The van der Waals surface area contributed by atoms with Crippen LogP contribution in [0.1, 0.15) is 36.2 Å². The molecule has 2 heterocycles. The van der Waals surface area contributed by atoms with Crippen LogP contribution in [0.15, 0.2) is 52.4 Å². The number of H-pyrrole nitrogens is 1. The Morgan fingerprint density at radius 2 is 1.93 bits per heavy atom. The van der Waals surface area contributed by atoms with E-state index in [0.29, 0.717) is 16.4 Å². The Labute approximate surface area is 166 Å². The lowest BCUT2D eigenvalue weighted by atomic mass is 9.93. The lowest BCUT2D eigenvalue weighted by molar-refractivity contribution is 0.0861. The van der Waals surface area contributed by atoms with Gasteiger partial charge in [0.2, 0.25) is 0 Å². The zero-order valence-corrected chi connectivity index (χ0v) is 16.2. The first kappa shape index (κ1) is 18.3. The molecule has 1 aromatic carbocycles. The van der Waals surface area contributed by atoms with Crippen LogP contribution < -0.4 is 5.32 Å². The molecular weight excluding hydrogens is 382 g/mol. The zero-order chi connectivity index (χ0) is 18.8. The van der Waals surface area contributed by atoms with E-state index in [4.69, 9.17) is 11.6 Å². The van der Waals surface area contributed by atoms with Crippen LogP contribution in [0.4, 0.5) is 0 Å². The average Bonchev–Trinajstić information content (AvgIpc) is 3.04. The van der Waals surface area contributed by atoms with Crippen LogP contribution in [0.25, 0.3) is 11.0 Å². The second-order valence-electron chi connectivity index (χ2n) is 6.76. The van der Waals surface area contributed by atoms with Crippen LogP contribution in [0.2, 0.25) is 5.02 Å². The highest BCUT2D eigenvalue weighted by Crippen LogP contribution is 2.36. The maximum Gasteiger partial charge on any atom is 0.269 e. The zero-order valence-electron chi connectivity index (χ0n) is 14.6. The second kappa shape index (κ2) is 7.92. The molecule has 2 aromatic heterocycles. The van der Waals surface area contributed by atoms with E-state index in [1.54, 1.807) is 6.20 Å². The SMILES string of the molecule is O=C(N[C@H]1CC[C@H](O)CC1)c1[nH]c2ncccc2c1Sc1ccc(Cl)cc1. The summed E-state index contributed by atoms with van der Waals surface area (Å²) in [6, 6.07) is 11.5. The van der Waals surface area contributed by atoms with Gasteiger partial charge in [-0.15, -0.1) is 0 Å². The summed E-state index contributed by atoms with van der Waals surface area (Å²) in [6.07, 6.45) is 4.51. The fourth-order valence-electron chi connectivity index (χ4n) is 3.36. The highest BCUT2D eigenvalue weighted by atomic mass is 35.5. The molecule has 0 aliphatic heterocycles. The molecule has 1 fully saturated rings. The fourth-order valence-corrected chi connectivity index (χ4v) is 4.52. The minimum Gasteiger partial charge on any atom is -0.393 e. The van der Waals surface area contributed by atoms with Crippen LogP contribution in [0.3, 0.4) is 0 Å². The van der Waals surface area contributed by atoms with Crippen molar-refractivity contribution in [2.24, 2.45) is 0 Å². The first-order valence-electron chi connectivity index (χ1n) is 8.99. The Hall–Kier alpha value is -2.02. The third-order valence-electron chi connectivity index (χ3n) is 4.82. The Morgan fingerprint density at radius 1 is 1.19 bits per heavy atom. The summed E-state index contributed by atoms with van der Waals surface area (Å²) in [5.41, 5.74) is 1.22. The van der Waals surface area contributed by atoms with E-state index in [1.165, 1.54) is 11.8 Å². The van der Waals surface area contributed by atoms with E-state index in [2.05, 4.69) is 15.3 Å². The van der Waals surface area contributed by atoms with Crippen molar-refractivity contribution in [3.63, 3.8) is 0 Å². The van der Waals surface area contributed by atoms with E-state index in [-0.39, 0.29) is 18.1 Å². The fraction of sp³-hybridized carbons (Fsp3) is 0.300. The number of carbonyl (C=O) groups is 1. The number of pyridine rings is 1. The normalized spacial score (nSPS) is 19.9. The van der Waals surface area contributed by atoms with Gasteiger partial charge in [0.15, 0.2) is 0 Å². The van der Waals surface area contributed by atoms with Gasteiger partial charge >= 0.3 is 0 Å². The van der Waals surface area contributed by atoms with Gasteiger partial charge in [-0.05, 0) is 62.1 Å². The molecule has 0 bridgehead atoms. The highest BCUT2D eigenvalue weighted by Gasteiger charge is 2.24. The predicted molar refractivity (Wildman–Crippen MR) is 107 cm³/mol. The lowest BCUT2D eigenvalue weighted by Gasteiger charge is -2.26. The maximum absolute atomic E-state index is 13.0. The Kier molecular flexibility index (Phi) is 5.38. The molecule has 0 saturated heterocycles. The molecule has 27 heavy (non-hydrogen) atoms. The summed E-state index contributed by atoms with van der Waals surface area (Å²) < 4.78 is 0. The van der Waals surface area contributed by atoms with Gasteiger partial charge in [-0.1, -0.05) is 23.4 Å². The number of benzene rings is 1. The smallest absolute Gasteiger partial charge is 0.269 e. The van der Waals surface area contributed by atoms with Crippen molar-refractivity contribution >= 4 is 40.3 Å². The van der Waals surface area contributed by atoms with Gasteiger partial charge in [0, 0.05) is 27.5 Å². The lowest BCUT2D eigenvalue weighted by Crippen LogP contribution is -2.38. The van der Waals surface area contributed by atoms with Gasteiger partial charge in [-0.2, -0.15) is 0 Å². The van der Waals surface area contributed by atoms with Crippen molar-refractivity contribution in [3.05, 3.63) is 53.3 Å². The predicted octanol–water partition coefficient (Wildman–Crippen LogP) is 4.40. The van der Waals surface area contributed by atoms with Crippen molar-refractivity contribution in [1.29, 1.82) is 0 Å². The van der Waals surface area contributed by atoms with E-state index < -0.39 is 0 Å². The number of hydrogen-bond acceptors (Lipinski definition) is 4. The number of amides is 1. The molecule has 4 rings (SSSR count). The molecule has 1 aliphatic carbocycles.